The monoisotopic (exact) mass is 265 g/mol. The Bertz CT molecular complexity index is 402. The van der Waals surface area contributed by atoms with E-state index in [1.165, 1.54) is 30.2 Å². The van der Waals surface area contributed by atoms with Crippen molar-refractivity contribution in [2.75, 3.05) is 6.54 Å². The summed E-state index contributed by atoms with van der Waals surface area (Å²) in [5, 5.41) is 0. The zero-order valence-electron chi connectivity index (χ0n) is 8.80. The maximum absolute atomic E-state index is 5.82. The van der Waals surface area contributed by atoms with Gasteiger partial charge in [-0.05, 0) is 55.3 Å². The maximum atomic E-state index is 5.82. The highest BCUT2D eigenvalue weighted by Crippen LogP contribution is 2.60. The summed E-state index contributed by atoms with van der Waals surface area (Å²) >= 11 is 3.67. The first-order valence-electron chi connectivity index (χ1n) is 5.76. The maximum Gasteiger partial charge on any atom is 0.0210 e. The fraction of sp³-hybridized carbons (Fsp3) is 0.538. The molecule has 2 N–H and O–H groups in total. The van der Waals surface area contributed by atoms with E-state index in [0.717, 1.165) is 12.5 Å². The molecule has 1 saturated carbocycles. The molecule has 0 amide bonds. The number of halogens is 1. The molecule has 80 valence electrons. The Morgan fingerprint density at radius 2 is 2.33 bits per heavy atom. The predicted octanol–water partition coefficient (Wildman–Crippen LogP) is 3.00. The van der Waals surface area contributed by atoms with Crippen LogP contribution < -0.4 is 5.73 Å². The highest BCUT2D eigenvalue weighted by Gasteiger charge is 2.55. The molecule has 1 nitrogen and oxygen atoms in total. The number of fused-ring (bicyclic) bond motifs is 2. The van der Waals surface area contributed by atoms with E-state index in [2.05, 4.69) is 34.1 Å². The van der Waals surface area contributed by atoms with Crippen LogP contribution in [0.15, 0.2) is 22.7 Å². The van der Waals surface area contributed by atoms with Crippen molar-refractivity contribution in [2.45, 2.75) is 31.1 Å². The minimum atomic E-state index is 0.464. The molecule has 3 rings (SSSR count). The summed E-state index contributed by atoms with van der Waals surface area (Å²) < 4.78 is 1.29. The van der Waals surface area contributed by atoms with Gasteiger partial charge in [-0.1, -0.05) is 28.1 Å². The van der Waals surface area contributed by atoms with E-state index in [1.54, 1.807) is 11.1 Å². The smallest absolute Gasteiger partial charge is 0.0210 e. The lowest BCUT2D eigenvalue weighted by Gasteiger charge is -2.27. The lowest BCUT2D eigenvalue weighted by Crippen LogP contribution is -2.21. The summed E-state index contributed by atoms with van der Waals surface area (Å²) in [6.45, 7) is 0.853. The van der Waals surface area contributed by atoms with Gasteiger partial charge in [-0.15, -0.1) is 0 Å². The summed E-state index contributed by atoms with van der Waals surface area (Å²) in [7, 11) is 0. The lowest BCUT2D eigenvalue weighted by molar-refractivity contribution is 0.498. The van der Waals surface area contributed by atoms with E-state index in [1.807, 2.05) is 0 Å². The van der Waals surface area contributed by atoms with E-state index < -0.39 is 0 Å². The van der Waals surface area contributed by atoms with Gasteiger partial charge in [-0.2, -0.15) is 0 Å². The van der Waals surface area contributed by atoms with E-state index >= 15 is 0 Å². The third kappa shape index (κ3) is 1.31. The second-order valence-electron chi connectivity index (χ2n) is 4.91. The van der Waals surface area contributed by atoms with Crippen LogP contribution in [0.5, 0.6) is 0 Å². The molecule has 0 aliphatic heterocycles. The van der Waals surface area contributed by atoms with E-state index in [9.17, 15) is 0 Å². The van der Waals surface area contributed by atoms with Crippen molar-refractivity contribution < 1.29 is 0 Å². The summed E-state index contributed by atoms with van der Waals surface area (Å²) in [6.07, 6.45) is 5.22. The Morgan fingerprint density at radius 1 is 1.47 bits per heavy atom. The summed E-state index contributed by atoms with van der Waals surface area (Å²) in [5.74, 6) is 0.742. The van der Waals surface area contributed by atoms with Crippen LogP contribution in [0.4, 0.5) is 0 Å². The van der Waals surface area contributed by atoms with Gasteiger partial charge in [0.25, 0.3) is 0 Å². The van der Waals surface area contributed by atoms with Gasteiger partial charge in [0.1, 0.15) is 0 Å². The first-order chi connectivity index (χ1) is 7.28. The zero-order chi connectivity index (χ0) is 10.5. The van der Waals surface area contributed by atoms with Gasteiger partial charge in [-0.25, -0.2) is 0 Å². The van der Waals surface area contributed by atoms with E-state index in [4.69, 9.17) is 5.73 Å². The third-order valence-electron chi connectivity index (χ3n) is 4.22. The molecule has 1 spiro atoms. The molecular formula is C13H16BrN. The Hall–Kier alpha value is -0.340. The Morgan fingerprint density at radius 3 is 3.07 bits per heavy atom. The van der Waals surface area contributed by atoms with Gasteiger partial charge in [0.2, 0.25) is 0 Å². The second-order valence-corrected chi connectivity index (χ2v) is 5.77. The van der Waals surface area contributed by atoms with Gasteiger partial charge >= 0.3 is 0 Å². The zero-order valence-corrected chi connectivity index (χ0v) is 10.4. The van der Waals surface area contributed by atoms with Gasteiger partial charge in [0.05, 0.1) is 0 Å². The van der Waals surface area contributed by atoms with E-state index in [-0.39, 0.29) is 0 Å². The van der Waals surface area contributed by atoms with Crippen molar-refractivity contribution in [2.24, 2.45) is 11.7 Å². The topological polar surface area (TPSA) is 26.0 Å². The average molecular weight is 266 g/mol. The average Bonchev–Trinajstić information content (AvgIpc) is 2.95. The minimum absolute atomic E-state index is 0.464. The van der Waals surface area contributed by atoms with Gasteiger partial charge < -0.3 is 5.73 Å². The van der Waals surface area contributed by atoms with Crippen molar-refractivity contribution in [3.05, 3.63) is 33.8 Å². The third-order valence-corrected chi connectivity index (χ3v) is 4.96. The quantitative estimate of drug-likeness (QED) is 0.830. The molecule has 1 aromatic rings. The lowest BCUT2D eigenvalue weighted by atomic mass is 9.79. The molecule has 15 heavy (non-hydrogen) atoms. The number of hydrogen-bond acceptors (Lipinski definition) is 1. The van der Waals surface area contributed by atoms with Crippen molar-refractivity contribution in [1.29, 1.82) is 0 Å². The molecule has 1 fully saturated rings. The van der Waals surface area contributed by atoms with Gasteiger partial charge in [0.15, 0.2) is 0 Å². The van der Waals surface area contributed by atoms with Crippen LogP contribution in [0, 0.1) is 5.92 Å². The fourth-order valence-corrected chi connectivity index (χ4v) is 3.88. The molecule has 0 heterocycles. The van der Waals surface area contributed by atoms with Crippen LogP contribution in [-0.4, -0.2) is 6.54 Å². The van der Waals surface area contributed by atoms with Gasteiger partial charge in [-0.3, -0.25) is 0 Å². The van der Waals surface area contributed by atoms with Gasteiger partial charge in [0, 0.05) is 9.89 Å². The molecular weight excluding hydrogens is 250 g/mol. The first kappa shape index (κ1) is 9.86. The number of hydrogen-bond donors (Lipinski definition) is 1. The Kier molecular flexibility index (Phi) is 2.18. The molecule has 2 unspecified atom stereocenters. The molecule has 2 aliphatic rings. The second kappa shape index (κ2) is 3.33. The SMILES string of the molecule is NCC1CC12CCCc1c(Br)cccc12. The summed E-state index contributed by atoms with van der Waals surface area (Å²) in [6, 6.07) is 6.65. The number of benzene rings is 1. The Balaban J connectivity index is 2.09. The molecule has 1 aromatic carbocycles. The van der Waals surface area contributed by atoms with Crippen LogP contribution in [0.2, 0.25) is 0 Å². The van der Waals surface area contributed by atoms with Crippen LogP contribution in [0.3, 0.4) is 0 Å². The first-order valence-corrected chi connectivity index (χ1v) is 6.55. The summed E-state index contributed by atoms with van der Waals surface area (Å²) in [4.78, 5) is 0. The normalized spacial score (nSPS) is 32.8. The van der Waals surface area contributed by atoms with Crippen molar-refractivity contribution >= 4 is 15.9 Å². The molecule has 0 saturated heterocycles. The summed E-state index contributed by atoms with van der Waals surface area (Å²) in [5.41, 5.74) is 9.41. The highest BCUT2D eigenvalue weighted by atomic mass is 79.9. The van der Waals surface area contributed by atoms with E-state index in [0.29, 0.717) is 5.41 Å². The largest absolute Gasteiger partial charge is 0.330 e. The minimum Gasteiger partial charge on any atom is -0.330 e. The van der Waals surface area contributed by atoms with Crippen molar-refractivity contribution in [3.8, 4) is 0 Å². The molecule has 2 aliphatic carbocycles. The standard InChI is InChI=1S/C13H16BrN/c14-12-5-1-4-11-10(12)3-2-6-13(11)7-9(13)8-15/h1,4-5,9H,2-3,6-8,15H2. The van der Waals surface area contributed by atoms with Crippen LogP contribution in [0.25, 0.3) is 0 Å². The number of nitrogens with two attached hydrogens (primary N) is 1. The van der Waals surface area contributed by atoms with Crippen LogP contribution in [-0.2, 0) is 11.8 Å². The molecule has 0 bridgehead atoms. The fourth-order valence-electron chi connectivity index (χ4n) is 3.32. The van der Waals surface area contributed by atoms with Crippen LogP contribution in [0.1, 0.15) is 30.4 Å². The highest BCUT2D eigenvalue weighted by molar-refractivity contribution is 9.10. The molecule has 0 radical (unpaired) electrons. The molecule has 2 heteroatoms. The van der Waals surface area contributed by atoms with Crippen molar-refractivity contribution in [1.82, 2.24) is 0 Å². The van der Waals surface area contributed by atoms with Crippen molar-refractivity contribution in [3.63, 3.8) is 0 Å². The predicted molar refractivity (Wildman–Crippen MR) is 65.9 cm³/mol. The van der Waals surface area contributed by atoms with Crippen LogP contribution >= 0.6 is 15.9 Å². The number of rotatable bonds is 1. The molecule has 2 atom stereocenters. The Labute approximate surface area is 99.2 Å². The molecule has 0 aromatic heterocycles.